The van der Waals surface area contributed by atoms with Gasteiger partial charge in [0.25, 0.3) is 6.43 Å². The molecular weight excluding hydrogens is 276 g/mol. The first kappa shape index (κ1) is 18.4. The Labute approximate surface area is 115 Å². The van der Waals surface area contributed by atoms with E-state index in [4.69, 9.17) is 4.74 Å². The smallest absolute Gasteiger partial charge is 0.311 e. The minimum atomic E-state index is -2.76. The highest BCUT2D eigenvalue weighted by Gasteiger charge is 2.30. The van der Waals surface area contributed by atoms with Crippen LogP contribution in [0.3, 0.4) is 0 Å². The van der Waals surface area contributed by atoms with Crippen molar-refractivity contribution in [2.45, 2.75) is 58.8 Å². The normalized spacial score (nSPS) is 16.3. The van der Waals surface area contributed by atoms with Gasteiger partial charge in [-0.3, -0.25) is 4.79 Å². The Bertz CT molecular complexity index is 335. The van der Waals surface area contributed by atoms with E-state index >= 15 is 0 Å². The number of nitrogens with one attached hydrogen (secondary N) is 1. The van der Waals surface area contributed by atoms with Crippen molar-refractivity contribution in [2.24, 2.45) is 5.41 Å². The number of hydrogen-bond donors (Lipinski definition) is 1. The molecule has 0 aliphatic rings. The highest BCUT2D eigenvalue weighted by molar-refractivity contribution is 7.84. The van der Waals surface area contributed by atoms with Crippen LogP contribution in [-0.4, -0.2) is 34.0 Å². The quantitative estimate of drug-likeness (QED) is 0.792. The van der Waals surface area contributed by atoms with Crippen molar-refractivity contribution >= 4 is 17.0 Å². The van der Waals surface area contributed by atoms with Gasteiger partial charge in [0.1, 0.15) is 12.6 Å². The first-order chi connectivity index (χ1) is 8.35. The van der Waals surface area contributed by atoms with Crippen LogP contribution in [0, 0.1) is 5.41 Å². The number of rotatable bonds is 5. The predicted octanol–water partition coefficient (Wildman–Crippen LogP) is 2.26. The lowest BCUT2D eigenvalue weighted by Crippen LogP contribution is -2.46. The number of alkyl halides is 2. The molecule has 7 heteroatoms. The summed E-state index contributed by atoms with van der Waals surface area (Å²) in [7, 11) is -1.65. The summed E-state index contributed by atoms with van der Waals surface area (Å²) in [6.45, 7) is 9.39. The SMILES string of the molecule is CC(C)(C)C(=O)OC[C@H](N[S@@](=O)C(C)(C)C)C(F)F. The molecule has 0 heterocycles. The van der Waals surface area contributed by atoms with Gasteiger partial charge in [0.2, 0.25) is 0 Å². The second-order valence-electron chi connectivity index (χ2n) is 6.29. The first-order valence-electron chi connectivity index (χ1n) is 5.99. The van der Waals surface area contributed by atoms with Gasteiger partial charge in [-0.2, -0.15) is 0 Å². The number of halogens is 2. The zero-order valence-electron chi connectivity index (χ0n) is 12.3. The molecule has 0 spiro atoms. The summed E-state index contributed by atoms with van der Waals surface area (Å²) < 4.78 is 43.8. The lowest BCUT2D eigenvalue weighted by atomic mass is 9.97. The molecule has 2 atom stereocenters. The van der Waals surface area contributed by atoms with Gasteiger partial charge in [-0.05, 0) is 41.5 Å². The molecule has 0 aliphatic carbocycles. The molecule has 0 saturated carbocycles. The molecule has 19 heavy (non-hydrogen) atoms. The summed E-state index contributed by atoms with van der Waals surface area (Å²) in [5, 5.41) is 0. The molecule has 0 aromatic heterocycles. The maximum Gasteiger partial charge on any atom is 0.311 e. The monoisotopic (exact) mass is 299 g/mol. The molecule has 0 fully saturated rings. The van der Waals surface area contributed by atoms with Crippen molar-refractivity contribution < 1.29 is 22.5 Å². The Hall–Kier alpha value is -0.560. The topological polar surface area (TPSA) is 55.4 Å². The Morgan fingerprint density at radius 1 is 1.21 bits per heavy atom. The minimum absolute atomic E-state index is 0.504. The summed E-state index contributed by atoms with van der Waals surface area (Å²) in [5.41, 5.74) is -0.754. The van der Waals surface area contributed by atoms with E-state index in [1.807, 2.05) is 0 Å². The van der Waals surface area contributed by atoms with Crippen molar-refractivity contribution in [3.8, 4) is 0 Å². The third-order valence-corrected chi connectivity index (χ3v) is 3.75. The summed E-state index contributed by atoms with van der Waals surface area (Å²) in [5.74, 6) is -0.568. The number of esters is 1. The molecule has 0 amide bonds. The fourth-order valence-corrected chi connectivity index (χ4v) is 1.65. The standard InChI is InChI=1S/C12H23F2NO3S/c1-11(2,3)10(16)18-7-8(9(13)14)15-19(17)12(4,5)6/h8-9,15H,7H2,1-6H3/t8-,19-/m0/s1. The van der Waals surface area contributed by atoms with E-state index in [1.54, 1.807) is 41.5 Å². The summed E-state index contributed by atoms with van der Waals surface area (Å²) >= 11 is 0. The van der Waals surface area contributed by atoms with E-state index in [0.717, 1.165) is 0 Å². The summed E-state index contributed by atoms with van der Waals surface area (Å²) in [6, 6.07) is -1.44. The fourth-order valence-electron chi connectivity index (χ4n) is 0.854. The third-order valence-electron chi connectivity index (χ3n) is 2.13. The van der Waals surface area contributed by atoms with Crippen LogP contribution in [0.25, 0.3) is 0 Å². The summed E-state index contributed by atoms with van der Waals surface area (Å²) in [6.07, 6.45) is -2.76. The van der Waals surface area contributed by atoms with Crippen LogP contribution in [0.4, 0.5) is 8.78 Å². The zero-order valence-corrected chi connectivity index (χ0v) is 13.1. The Balaban J connectivity index is 4.53. The molecule has 114 valence electrons. The van der Waals surface area contributed by atoms with Crippen LogP contribution >= 0.6 is 0 Å². The first-order valence-corrected chi connectivity index (χ1v) is 7.14. The molecule has 0 saturated heterocycles. The molecule has 1 N–H and O–H groups in total. The van der Waals surface area contributed by atoms with E-state index in [9.17, 15) is 17.8 Å². The van der Waals surface area contributed by atoms with Gasteiger partial charge in [0.05, 0.1) is 21.1 Å². The van der Waals surface area contributed by atoms with Gasteiger partial charge in [0, 0.05) is 0 Å². The van der Waals surface area contributed by atoms with Gasteiger partial charge in [-0.25, -0.2) is 17.7 Å². The molecule has 0 bridgehead atoms. The maximum atomic E-state index is 12.8. The van der Waals surface area contributed by atoms with Crippen molar-refractivity contribution in [3.05, 3.63) is 0 Å². The highest BCUT2D eigenvalue weighted by Crippen LogP contribution is 2.17. The lowest BCUT2D eigenvalue weighted by Gasteiger charge is -2.25. The second-order valence-corrected chi connectivity index (χ2v) is 8.29. The van der Waals surface area contributed by atoms with E-state index in [2.05, 4.69) is 4.72 Å². The van der Waals surface area contributed by atoms with Crippen LogP contribution in [0.15, 0.2) is 0 Å². The molecule has 0 aromatic rings. The van der Waals surface area contributed by atoms with Crippen molar-refractivity contribution in [2.75, 3.05) is 6.61 Å². The van der Waals surface area contributed by atoms with E-state index in [-0.39, 0.29) is 0 Å². The van der Waals surface area contributed by atoms with E-state index in [1.165, 1.54) is 0 Å². The molecule has 0 rings (SSSR count). The number of carbonyl (C=O) groups excluding carboxylic acids is 1. The highest BCUT2D eigenvalue weighted by atomic mass is 32.2. The van der Waals surface area contributed by atoms with Crippen LogP contribution in [0.5, 0.6) is 0 Å². The molecule has 0 aromatic carbocycles. The van der Waals surface area contributed by atoms with Crippen LogP contribution < -0.4 is 4.72 Å². The Morgan fingerprint density at radius 2 is 1.68 bits per heavy atom. The van der Waals surface area contributed by atoms with Crippen molar-refractivity contribution in [1.82, 2.24) is 4.72 Å². The lowest BCUT2D eigenvalue weighted by molar-refractivity contribution is -0.154. The number of ether oxygens (including phenoxy) is 1. The van der Waals surface area contributed by atoms with Crippen molar-refractivity contribution in [1.29, 1.82) is 0 Å². The molecule has 0 aliphatic heterocycles. The molecular formula is C12H23F2NO3S. The van der Waals surface area contributed by atoms with Gasteiger partial charge in [-0.15, -0.1) is 0 Å². The maximum absolute atomic E-state index is 12.8. The predicted molar refractivity (Wildman–Crippen MR) is 71.2 cm³/mol. The summed E-state index contributed by atoms with van der Waals surface area (Å²) in [4.78, 5) is 11.5. The van der Waals surface area contributed by atoms with Gasteiger partial charge in [-0.1, -0.05) is 0 Å². The average molecular weight is 299 g/mol. The minimum Gasteiger partial charge on any atom is -0.463 e. The van der Waals surface area contributed by atoms with Crippen LogP contribution in [0.1, 0.15) is 41.5 Å². The van der Waals surface area contributed by atoms with Crippen LogP contribution in [-0.2, 0) is 20.5 Å². The van der Waals surface area contributed by atoms with Gasteiger partial charge >= 0.3 is 5.97 Å². The molecule has 0 radical (unpaired) electrons. The van der Waals surface area contributed by atoms with E-state index < -0.39 is 46.2 Å². The number of hydrogen-bond acceptors (Lipinski definition) is 3. The second kappa shape index (κ2) is 6.74. The van der Waals surface area contributed by atoms with Gasteiger partial charge in [0.15, 0.2) is 0 Å². The molecule has 0 unspecified atom stereocenters. The Morgan fingerprint density at radius 3 is 2.00 bits per heavy atom. The zero-order chi connectivity index (χ0) is 15.4. The number of carbonyl (C=O) groups is 1. The fraction of sp³-hybridized carbons (Fsp3) is 0.917. The van der Waals surface area contributed by atoms with E-state index in [0.29, 0.717) is 0 Å². The Kier molecular flexibility index (Phi) is 6.54. The van der Waals surface area contributed by atoms with Crippen molar-refractivity contribution in [3.63, 3.8) is 0 Å². The van der Waals surface area contributed by atoms with Gasteiger partial charge < -0.3 is 4.74 Å². The average Bonchev–Trinajstić information content (AvgIpc) is 2.19. The largest absolute Gasteiger partial charge is 0.463 e. The third kappa shape index (κ3) is 6.96. The van der Waals surface area contributed by atoms with Crippen LogP contribution in [0.2, 0.25) is 0 Å². The molecule has 4 nitrogen and oxygen atoms in total.